The number of carboxylic acid groups (broad SMARTS) is 1. The number of carbonyl (C=O) groups is 2. The minimum Gasteiger partial charge on any atom is -0.480 e. The Hall–Kier alpha value is -1.82. The van der Waals surface area contributed by atoms with Crippen LogP contribution in [-0.4, -0.2) is 50.2 Å². The monoisotopic (exact) mass is 238 g/mol. The molecule has 1 aliphatic heterocycles. The number of rotatable bonds is 2. The first-order valence-electron chi connectivity index (χ1n) is 5.34. The highest BCUT2D eigenvalue weighted by atomic mass is 16.4. The molecule has 2 heterocycles. The van der Waals surface area contributed by atoms with E-state index in [0.717, 1.165) is 0 Å². The molecular weight excluding hydrogens is 224 g/mol. The first-order chi connectivity index (χ1) is 8.00. The van der Waals surface area contributed by atoms with E-state index in [9.17, 15) is 14.7 Å². The van der Waals surface area contributed by atoms with Crippen molar-refractivity contribution in [2.24, 2.45) is 7.05 Å². The Labute approximate surface area is 98.1 Å². The summed E-state index contributed by atoms with van der Waals surface area (Å²) in [5.41, 5.74) is 0.422. The summed E-state index contributed by atoms with van der Waals surface area (Å²) in [6.45, 7) is 0.0704. The molecular formula is C11H14N2O4. The van der Waals surface area contributed by atoms with E-state index in [1.165, 1.54) is 4.90 Å². The summed E-state index contributed by atoms with van der Waals surface area (Å²) in [7, 11) is 1.72. The minimum atomic E-state index is -1.08. The summed E-state index contributed by atoms with van der Waals surface area (Å²) < 4.78 is 1.63. The second kappa shape index (κ2) is 4.21. The van der Waals surface area contributed by atoms with Crippen molar-refractivity contribution in [3.05, 3.63) is 24.0 Å². The van der Waals surface area contributed by atoms with Crippen LogP contribution in [0, 0.1) is 0 Å². The first kappa shape index (κ1) is 11.7. The number of aryl methyl sites for hydroxylation is 1. The van der Waals surface area contributed by atoms with Gasteiger partial charge in [0.05, 0.1) is 6.10 Å². The third kappa shape index (κ3) is 2.03. The molecule has 17 heavy (non-hydrogen) atoms. The first-order valence-corrected chi connectivity index (χ1v) is 5.34. The number of carboxylic acids is 1. The SMILES string of the molecule is Cn1cccc1C(=O)N1CC(O)C[C@H]1C(=O)O. The molecule has 6 heteroatoms. The van der Waals surface area contributed by atoms with Crippen molar-refractivity contribution in [2.45, 2.75) is 18.6 Å². The number of likely N-dealkylation sites (tertiary alicyclic amines) is 1. The van der Waals surface area contributed by atoms with Crippen molar-refractivity contribution in [1.82, 2.24) is 9.47 Å². The van der Waals surface area contributed by atoms with E-state index in [2.05, 4.69) is 0 Å². The summed E-state index contributed by atoms with van der Waals surface area (Å²) in [6, 6.07) is 2.41. The molecule has 0 bridgehead atoms. The Morgan fingerprint density at radius 2 is 2.18 bits per heavy atom. The molecule has 0 saturated carbocycles. The summed E-state index contributed by atoms with van der Waals surface area (Å²) in [5.74, 6) is -1.44. The molecule has 1 aliphatic rings. The van der Waals surface area contributed by atoms with E-state index in [0.29, 0.717) is 5.69 Å². The van der Waals surface area contributed by atoms with Crippen LogP contribution in [0.1, 0.15) is 16.9 Å². The summed E-state index contributed by atoms with van der Waals surface area (Å²) >= 11 is 0. The molecule has 0 spiro atoms. The molecule has 1 amide bonds. The minimum absolute atomic E-state index is 0.0704. The van der Waals surface area contributed by atoms with Gasteiger partial charge in [0.1, 0.15) is 11.7 Å². The number of β-amino-alcohol motifs (C(OH)–C–C–N with tert-alkyl or cyclic N) is 1. The van der Waals surface area contributed by atoms with E-state index in [-0.39, 0.29) is 18.9 Å². The van der Waals surface area contributed by atoms with Gasteiger partial charge in [-0.05, 0) is 12.1 Å². The Balaban J connectivity index is 2.25. The quantitative estimate of drug-likeness (QED) is 0.740. The van der Waals surface area contributed by atoms with Crippen molar-refractivity contribution in [3.8, 4) is 0 Å². The fourth-order valence-corrected chi connectivity index (χ4v) is 2.10. The van der Waals surface area contributed by atoms with E-state index < -0.39 is 18.1 Å². The molecule has 1 saturated heterocycles. The number of aromatic nitrogens is 1. The molecule has 0 aromatic carbocycles. The highest BCUT2D eigenvalue weighted by Gasteiger charge is 2.39. The van der Waals surface area contributed by atoms with Crippen molar-refractivity contribution in [2.75, 3.05) is 6.54 Å². The molecule has 0 radical (unpaired) electrons. The summed E-state index contributed by atoms with van der Waals surface area (Å²) in [5, 5.41) is 18.5. The third-order valence-corrected chi connectivity index (χ3v) is 2.99. The fourth-order valence-electron chi connectivity index (χ4n) is 2.10. The lowest BCUT2D eigenvalue weighted by Crippen LogP contribution is -2.41. The number of aliphatic hydroxyl groups excluding tert-OH is 1. The average Bonchev–Trinajstić information content (AvgIpc) is 2.83. The van der Waals surface area contributed by atoms with E-state index in [1.54, 1.807) is 29.9 Å². The summed E-state index contributed by atoms with van der Waals surface area (Å²) in [6.07, 6.45) is 1.04. The molecule has 1 aromatic heterocycles. The smallest absolute Gasteiger partial charge is 0.326 e. The number of aliphatic carboxylic acids is 1. The topological polar surface area (TPSA) is 82.8 Å². The lowest BCUT2D eigenvalue weighted by atomic mass is 10.2. The van der Waals surface area contributed by atoms with Crippen LogP contribution in [0.2, 0.25) is 0 Å². The van der Waals surface area contributed by atoms with Crippen LogP contribution >= 0.6 is 0 Å². The van der Waals surface area contributed by atoms with Gasteiger partial charge in [0.2, 0.25) is 0 Å². The second-order valence-corrected chi connectivity index (χ2v) is 4.21. The predicted molar refractivity (Wildman–Crippen MR) is 58.5 cm³/mol. The van der Waals surface area contributed by atoms with Gasteiger partial charge in [-0.2, -0.15) is 0 Å². The zero-order valence-corrected chi connectivity index (χ0v) is 9.41. The van der Waals surface area contributed by atoms with Crippen LogP contribution < -0.4 is 0 Å². The largest absolute Gasteiger partial charge is 0.480 e. The lowest BCUT2D eigenvalue weighted by molar-refractivity contribution is -0.141. The predicted octanol–water partition coefficient (Wildman–Crippen LogP) is -0.315. The molecule has 2 atom stereocenters. The molecule has 1 unspecified atom stereocenters. The van der Waals surface area contributed by atoms with Crippen LogP contribution in [0.15, 0.2) is 18.3 Å². The zero-order valence-electron chi connectivity index (χ0n) is 9.41. The number of aliphatic hydroxyl groups is 1. The molecule has 2 N–H and O–H groups in total. The van der Waals surface area contributed by atoms with Gasteiger partial charge >= 0.3 is 5.97 Å². The average molecular weight is 238 g/mol. The van der Waals surface area contributed by atoms with Crippen LogP contribution in [-0.2, 0) is 11.8 Å². The Kier molecular flexibility index (Phi) is 2.89. The molecule has 0 aliphatic carbocycles. The van der Waals surface area contributed by atoms with Gasteiger partial charge < -0.3 is 19.7 Å². The van der Waals surface area contributed by atoms with Gasteiger partial charge in [0.15, 0.2) is 0 Å². The maximum Gasteiger partial charge on any atom is 0.326 e. The molecule has 92 valence electrons. The van der Waals surface area contributed by atoms with E-state index in [1.807, 2.05) is 0 Å². The molecule has 1 fully saturated rings. The lowest BCUT2D eigenvalue weighted by Gasteiger charge is -2.21. The number of nitrogens with zero attached hydrogens (tertiary/aromatic N) is 2. The number of carbonyl (C=O) groups excluding carboxylic acids is 1. The van der Waals surface area contributed by atoms with Crippen molar-refractivity contribution < 1.29 is 19.8 Å². The Morgan fingerprint density at radius 1 is 1.47 bits per heavy atom. The van der Waals surface area contributed by atoms with Crippen LogP contribution in [0.25, 0.3) is 0 Å². The number of hydrogen-bond acceptors (Lipinski definition) is 3. The summed E-state index contributed by atoms with van der Waals surface area (Å²) in [4.78, 5) is 24.3. The maximum absolute atomic E-state index is 12.1. The van der Waals surface area contributed by atoms with Crippen LogP contribution in [0.4, 0.5) is 0 Å². The maximum atomic E-state index is 12.1. The van der Waals surface area contributed by atoms with Gasteiger partial charge in [0, 0.05) is 26.2 Å². The van der Waals surface area contributed by atoms with Gasteiger partial charge in [-0.25, -0.2) is 4.79 Å². The van der Waals surface area contributed by atoms with Gasteiger partial charge in [0.25, 0.3) is 5.91 Å². The zero-order chi connectivity index (χ0) is 12.6. The van der Waals surface area contributed by atoms with E-state index >= 15 is 0 Å². The van der Waals surface area contributed by atoms with Crippen molar-refractivity contribution in [3.63, 3.8) is 0 Å². The standard InChI is InChI=1S/C11H14N2O4/c1-12-4-2-3-8(12)10(15)13-6-7(14)5-9(13)11(16)17/h2-4,7,9,14H,5-6H2,1H3,(H,16,17)/t7?,9-/m0/s1. The van der Waals surface area contributed by atoms with Gasteiger partial charge in [-0.1, -0.05) is 0 Å². The second-order valence-electron chi connectivity index (χ2n) is 4.21. The van der Waals surface area contributed by atoms with E-state index in [4.69, 9.17) is 5.11 Å². The van der Waals surface area contributed by atoms with Crippen molar-refractivity contribution in [1.29, 1.82) is 0 Å². The van der Waals surface area contributed by atoms with Crippen LogP contribution in [0.5, 0.6) is 0 Å². The highest BCUT2D eigenvalue weighted by molar-refractivity contribution is 5.95. The van der Waals surface area contributed by atoms with Gasteiger partial charge in [-0.3, -0.25) is 4.79 Å². The Bertz CT molecular complexity index is 454. The molecule has 2 rings (SSSR count). The fraction of sp³-hybridized carbons (Fsp3) is 0.455. The Morgan fingerprint density at radius 3 is 2.71 bits per heavy atom. The molecule has 6 nitrogen and oxygen atoms in total. The number of hydrogen-bond donors (Lipinski definition) is 2. The highest BCUT2D eigenvalue weighted by Crippen LogP contribution is 2.20. The van der Waals surface area contributed by atoms with Crippen LogP contribution in [0.3, 0.4) is 0 Å². The van der Waals surface area contributed by atoms with Gasteiger partial charge in [-0.15, -0.1) is 0 Å². The normalized spacial score (nSPS) is 24.0. The molecule has 1 aromatic rings. The van der Waals surface area contributed by atoms with Crippen molar-refractivity contribution >= 4 is 11.9 Å². The third-order valence-electron chi connectivity index (χ3n) is 2.99. The number of amides is 1.